The molecule has 1 aliphatic carbocycles. The number of rotatable bonds is 4. The number of aryl methyl sites for hydroxylation is 1. The van der Waals surface area contributed by atoms with Crippen molar-refractivity contribution in [3.63, 3.8) is 0 Å². The third-order valence-electron chi connectivity index (χ3n) is 2.81. The largest absolute Gasteiger partial charge is 0.398 e. The SMILES string of the molecule is Cc1ccc(N)c(C(=O)NCC(=O)NC2CC2)c1. The van der Waals surface area contributed by atoms with E-state index in [1.807, 2.05) is 13.0 Å². The van der Waals surface area contributed by atoms with E-state index in [0.29, 0.717) is 17.3 Å². The lowest BCUT2D eigenvalue weighted by molar-refractivity contribution is -0.120. The molecule has 2 rings (SSSR count). The molecule has 1 fully saturated rings. The zero-order chi connectivity index (χ0) is 13.1. The number of nitrogens with two attached hydrogens (primary N) is 1. The Balaban J connectivity index is 1.90. The first-order valence-corrected chi connectivity index (χ1v) is 6.00. The molecule has 0 atom stereocenters. The molecule has 5 nitrogen and oxygen atoms in total. The van der Waals surface area contributed by atoms with Crippen molar-refractivity contribution in [3.05, 3.63) is 29.3 Å². The minimum atomic E-state index is -0.317. The van der Waals surface area contributed by atoms with Crippen LogP contribution in [0.2, 0.25) is 0 Å². The van der Waals surface area contributed by atoms with Crippen LogP contribution in [0.25, 0.3) is 0 Å². The fraction of sp³-hybridized carbons (Fsp3) is 0.385. The van der Waals surface area contributed by atoms with Crippen LogP contribution in [0, 0.1) is 6.92 Å². The van der Waals surface area contributed by atoms with Crippen LogP contribution in [0.5, 0.6) is 0 Å². The fourth-order valence-corrected chi connectivity index (χ4v) is 1.63. The zero-order valence-electron chi connectivity index (χ0n) is 10.3. The van der Waals surface area contributed by atoms with Gasteiger partial charge in [-0.15, -0.1) is 0 Å². The Morgan fingerprint density at radius 2 is 2.11 bits per heavy atom. The smallest absolute Gasteiger partial charge is 0.253 e. The molecule has 0 spiro atoms. The summed E-state index contributed by atoms with van der Waals surface area (Å²) in [6, 6.07) is 5.54. The first-order chi connectivity index (χ1) is 8.56. The predicted molar refractivity (Wildman–Crippen MR) is 69.1 cm³/mol. The van der Waals surface area contributed by atoms with E-state index in [9.17, 15) is 9.59 Å². The Kier molecular flexibility index (Phi) is 3.50. The quantitative estimate of drug-likeness (QED) is 0.681. The molecule has 0 unspecified atom stereocenters. The van der Waals surface area contributed by atoms with Gasteiger partial charge in [-0.1, -0.05) is 11.6 Å². The van der Waals surface area contributed by atoms with Crippen LogP contribution >= 0.6 is 0 Å². The molecule has 1 aromatic rings. The molecule has 1 saturated carbocycles. The first-order valence-electron chi connectivity index (χ1n) is 6.00. The summed E-state index contributed by atoms with van der Waals surface area (Å²) in [6.07, 6.45) is 2.06. The first kappa shape index (κ1) is 12.4. The van der Waals surface area contributed by atoms with Gasteiger partial charge in [-0.2, -0.15) is 0 Å². The van der Waals surface area contributed by atoms with Crippen LogP contribution in [0.15, 0.2) is 18.2 Å². The van der Waals surface area contributed by atoms with E-state index < -0.39 is 0 Å². The minimum absolute atomic E-state index is 0.0112. The third kappa shape index (κ3) is 3.23. The summed E-state index contributed by atoms with van der Waals surface area (Å²) >= 11 is 0. The second-order valence-corrected chi connectivity index (χ2v) is 4.62. The molecule has 5 heteroatoms. The van der Waals surface area contributed by atoms with Gasteiger partial charge in [0.1, 0.15) is 0 Å². The molecule has 0 heterocycles. The summed E-state index contributed by atoms with van der Waals surface area (Å²) in [7, 11) is 0. The topological polar surface area (TPSA) is 84.2 Å². The van der Waals surface area contributed by atoms with Crippen molar-refractivity contribution < 1.29 is 9.59 Å². The molecule has 0 aliphatic heterocycles. The zero-order valence-corrected chi connectivity index (χ0v) is 10.3. The highest BCUT2D eigenvalue weighted by molar-refractivity contribution is 6.00. The van der Waals surface area contributed by atoms with Gasteiger partial charge >= 0.3 is 0 Å². The van der Waals surface area contributed by atoms with Gasteiger partial charge < -0.3 is 16.4 Å². The van der Waals surface area contributed by atoms with Crippen LogP contribution in [0.1, 0.15) is 28.8 Å². The van der Waals surface area contributed by atoms with Crippen LogP contribution in [-0.4, -0.2) is 24.4 Å². The van der Waals surface area contributed by atoms with Crippen LogP contribution in [-0.2, 0) is 4.79 Å². The Morgan fingerprint density at radius 1 is 1.39 bits per heavy atom. The molecule has 96 valence electrons. The standard InChI is InChI=1S/C13H17N3O2/c1-8-2-5-11(14)10(6-8)13(18)15-7-12(17)16-9-3-4-9/h2,5-6,9H,3-4,7,14H2,1H3,(H,15,18)(H,16,17). The molecule has 2 amide bonds. The summed E-state index contributed by atoms with van der Waals surface area (Å²) in [4.78, 5) is 23.3. The van der Waals surface area contributed by atoms with E-state index in [1.54, 1.807) is 12.1 Å². The average Bonchev–Trinajstić information content (AvgIpc) is 3.13. The van der Waals surface area contributed by atoms with Gasteiger partial charge in [0.05, 0.1) is 12.1 Å². The molecule has 1 aliphatic rings. The maximum absolute atomic E-state index is 11.9. The summed E-state index contributed by atoms with van der Waals surface area (Å²) in [6.45, 7) is 1.87. The second kappa shape index (κ2) is 5.08. The van der Waals surface area contributed by atoms with Gasteiger partial charge in [0.2, 0.25) is 5.91 Å². The minimum Gasteiger partial charge on any atom is -0.398 e. The number of nitrogen functional groups attached to an aromatic ring is 1. The van der Waals surface area contributed by atoms with E-state index in [0.717, 1.165) is 18.4 Å². The lowest BCUT2D eigenvalue weighted by atomic mass is 10.1. The highest BCUT2D eigenvalue weighted by Gasteiger charge is 2.23. The van der Waals surface area contributed by atoms with Crippen molar-refractivity contribution in [1.82, 2.24) is 10.6 Å². The number of carbonyl (C=O) groups is 2. The Bertz CT molecular complexity index is 481. The molecular formula is C13H17N3O2. The van der Waals surface area contributed by atoms with Crippen LogP contribution in [0.3, 0.4) is 0 Å². The number of anilines is 1. The number of nitrogens with one attached hydrogen (secondary N) is 2. The lowest BCUT2D eigenvalue weighted by Crippen LogP contribution is -2.38. The molecular weight excluding hydrogens is 230 g/mol. The van der Waals surface area contributed by atoms with E-state index >= 15 is 0 Å². The Hall–Kier alpha value is -2.04. The Labute approximate surface area is 106 Å². The van der Waals surface area contributed by atoms with E-state index in [2.05, 4.69) is 10.6 Å². The van der Waals surface area contributed by atoms with E-state index in [4.69, 9.17) is 5.73 Å². The van der Waals surface area contributed by atoms with Crippen molar-refractivity contribution in [2.45, 2.75) is 25.8 Å². The van der Waals surface area contributed by atoms with Crippen molar-refractivity contribution in [2.24, 2.45) is 0 Å². The molecule has 0 radical (unpaired) electrons. The summed E-state index contributed by atoms with van der Waals surface area (Å²) in [5.41, 5.74) is 7.51. The molecule has 0 bridgehead atoms. The van der Waals surface area contributed by atoms with Crippen LogP contribution < -0.4 is 16.4 Å². The van der Waals surface area contributed by atoms with Crippen molar-refractivity contribution >= 4 is 17.5 Å². The van der Waals surface area contributed by atoms with Gasteiger partial charge in [-0.05, 0) is 31.9 Å². The number of carbonyl (C=O) groups excluding carboxylic acids is 2. The number of benzene rings is 1. The number of hydrogen-bond donors (Lipinski definition) is 3. The summed E-state index contributed by atoms with van der Waals surface area (Å²) in [5, 5.41) is 5.37. The van der Waals surface area contributed by atoms with Gasteiger partial charge in [-0.3, -0.25) is 9.59 Å². The third-order valence-corrected chi connectivity index (χ3v) is 2.81. The number of hydrogen-bond acceptors (Lipinski definition) is 3. The predicted octanol–water partition coefficient (Wildman–Crippen LogP) is 0.586. The van der Waals surface area contributed by atoms with Gasteiger partial charge in [0, 0.05) is 11.7 Å². The molecule has 1 aromatic carbocycles. The van der Waals surface area contributed by atoms with Crippen LogP contribution in [0.4, 0.5) is 5.69 Å². The summed E-state index contributed by atoms with van der Waals surface area (Å²) < 4.78 is 0. The lowest BCUT2D eigenvalue weighted by Gasteiger charge is -2.08. The fourth-order valence-electron chi connectivity index (χ4n) is 1.63. The highest BCUT2D eigenvalue weighted by Crippen LogP contribution is 2.18. The molecule has 18 heavy (non-hydrogen) atoms. The van der Waals surface area contributed by atoms with Gasteiger partial charge in [0.25, 0.3) is 5.91 Å². The molecule has 4 N–H and O–H groups in total. The maximum atomic E-state index is 11.9. The monoisotopic (exact) mass is 247 g/mol. The number of amides is 2. The maximum Gasteiger partial charge on any atom is 0.253 e. The van der Waals surface area contributed by atoms with E-state index in [1.165, 1.54) is 0 Å². The van der Waals surface area contributed by atoms with Crippen molar-refractivity contribution in [1.29, 1.82) is 0 Å². The average molecular weight is 247 g/mol. The molecule has 0 saturated heterocycles. The van der Waals surface area contributed by atoms with Crippen molar-refractivity contribution in [2.75, 3.05) is 12.3 Å². The normalized spacial score (nSPS) is 14.1. The second-order valence-electron chi connectivity index (χ2n) is 4.62. The molecule has 0 aromatic heterocycles. The van der Waals surface area contributed by atoms with Gasteiger partial charge in [0.15, 0.2) is 0 Å². The van der Waals surface area contributed by atoms with Gasteiger partial charge in [-0.25, -0.2) is 0 Å². The van der Waals surface area contributed by atoms with Crippen molar-refractivity contribution in [3.8, 4) is 0 Å². The summed E-state index contributed by atoms with van der Waals surface area (Å²) in [5.74, 6) is -0.473. The van der Waals surface area contributed by atoms with E-state index in [-0.39, 0.29) is 18.4 Å². The highest BCUT2D eigenvalue weighted by atomic mass is 16.2. The Morgan fingerprint density at radius 3 is 2.78 bits per heavy atom.